The van der Waals surface area contributed by atoms with Crippen LogP contribution in [0.25, 0.3) is 0 Å². The SMILES string of the molecule is CC(C)(C)C(=O)Cc1ccc(CN(CC(=O)O)[C@H]2CCCC[C@@H]2N(CC(=O)O)CC(=O)O)cc1. The number of benzene rings is 1. The molecule has 0 radical (unpaired) electrons. The summed E-state index contributed by atoms with van der Waals surface area (Å²) in [5.41, 5.74) is 1.34. The van der Waals surface area contributed by atoms with Crippen LogP contribution in [0.15, 0.2) is 24.3 Å². The van der Waals surface area contributed by atoms with Crippen molar-refractivity contribution in [1.29, 1.82) is 0 Å². The minimum absolute atomic E-state index is 0.134. The quantitative estimate of drug-likeness (QED) is 0.416. The van der Waals surface area contributed by atoms with Crippen molar-refractivity contribution in [2.75, 3.05) is 19.6 Å². The first-order valence-electron chi connectivity index (χ1n) is 11.6. The number of carboxylic acids is 3. The van der Waals surface area contributed by atoms with Crippen molar-refractivity contribution < 1.29 is 34.5 Å². The largest absolute Gasteiger partial charge is 0.480 e. The van der Waals surface area contributed by atoms with Crippen LogP contribution >= 0.6 is 0 Å². The molecule has 2 rings (SSSR count). The fourth-order valence-electron chi connectivity index (χ4n) is 4.49. The van der Waals surface area contributed by atoms with Gasteiger partial charge < -0.3 is 15.3 Å². The van der Waals surface area contributed by atoms with Crippen molar-refractivity contribution in [2.45, 2.75) is 71.5 Å². The van der Waals surface area contributed by atoms with Crippen LogP contribution in [0.4, 0.5) is 0 Å². The zero-order chi connectivity index (χ0) is 25.5. The molecule has 0 saturated heterocycles. The lowest BCUT2D eigenvalue weighted by Crippen LogP contribution is -2.56. The molecule has 1 aromatic rings. The Balaban J connectivity index is 2.23. The van der Waals surface area contributed by atoms with Crippen LogP contribution in [-0.4, -0.2) is 80.5 Å². The van der Waals surface area contributed by atoms with Crippen LogP contribution in [-0.2, 0) is 32.1 Å². The summed E-state index contributed by atoms with van der Waals surface area (Å²) in [6, 6.07) is 6.85. The fraction of sp³-hybridized carbons (Fsp3) is 0.600. The highest BCUT2D eigenvalue weighted by Crippen LogP contribution is 2.29. The van der Waals surface area contributed by atoms with Crippen LogP contribution in [0, 0.1) is 5.41 Å². The van der Waals surface area contributed by atoms with E-state index >= 15 is 0 Å². The summed E-state index contributed by atoms with van der Waals surface area (Å²) in [7, 11) is 0. The van der Waals surface area contributed by atoms with Gasteiger partial charge in [0.05, 0.1) is 19.6 Å². The molecule has 1 aromatic carbocycles. The van der Waals surface area contributed by atoms with Crippen LogP contribution in [0.2, 0.25) is 0 Å². The predicted octanol–water partition coefficient (Wildman–Crippen LogP) is 2.51. The Morgan fingerprint density at radius 3 is 1.62 bits per heavy atom. The molecule has 1 fully saturated rings. The molecular formula is C25H36N2O7. The van der Waals surface area contributed by atoms with Gasteiger partial charge in [0, 0.05) is 30.5 Å². The highest BCUT2D eigenvalue weighted by atomic mass is 16.4. The Kier molecular flexibility index (Phi) is 9.76. The van der Waals surface area contributed by atoms with Crippen LogP contribution in [0.1, 0.15) is 57.6 Å². The molecule has 1 aliphatic rings. The van der Waals surface area contributed by atoms with Crippen molar-refractivity contribution in [3.05, 3.63) is 35.4 Å². The number of carboxylic acid groups (broad SMARTS) is 3. The van der Waals surface area contributed by atoms with E-state index < -0.39 is 36.4 Å². The molecule has 0 aromatic heterocycles. The summed E-state index contributed by atoms with van der Waals surface area (Å²) in [5, 5.41) is 28.2. The monoisotopic (exact) mass is 476 g/mol. The van der Waals surface area contributed by atoms with Crippen molar-refractivity contribution in [2.24, 2.45) is 5.41 Å². The lowest BCUT2D eigenvalue weighted by Gasteiger charge is -2.44. The standard InChI is InChI=1S/C25H36N2O7/c1-25(2,3)21(28)12-17-8-10-18(11-9-17)13-26(14-22(29)30)19-6-4-5-7-20(19)27(15-23(31)32)16-24(33)34/h8-11,19-20H,4-7,12-16H2,1-3H3,(H,29,30)(H,31,32)(H,33,34)/t19-,20-/m0/s1. The zero-order valence-corrected chi connectivity index (χ0v) is 20.2. The number of Topliss-reactive ketones (excluding diaryl/α,β-unsaturated/α-hetero) is 1. The van der Waals surface area contributed by atoms with Gasteiger partial charge in [-0.05, 0) is 24.0 Å². The van der Waals surface area contributed by atoms with Crippen molar-refractivity contribution in [3.8, 4) is 0 Å². The van der Waals surface area contributed by atoms with Gasteiger partial charge in [-0.3, -0.25) is 29.0 Å². The first kappa shape index (κ1) is 27.5. The third-order valence-electron chi connectivity index (χ3n) is 6.26. The first-order valence-corrected chi connectivity index (χ1v) is 11.6. The minimum atomic E-state index is -1.12. The summed E-state index contributed by atoms with van der Waals surface area (Å²) in [4.78, 5) is 50.0. The van der Waals surface area contributed by atoms with E-state index in [1.165, 1.54) is 4.90 Å². The van der Waals surface area contributed by atoms with Crippen molar-refractivity contribution in [1.82, 2.24) is 9.80 Å². The molecule has 1 saturated carbocycles. The lowest BCUT2D eigenvalue weighted by atomic mass is 9.86. The normalized spacial score (nSPS) is 18.7. The second-order valence-electron chi connectivity index (χ2n) is 10.1. The Labute approximate surface area is 200 Å². The van der Waals surface area contributed by atoms with Crippen LogP contribution < -0.4 is 0 Å². The number of nitrogens with zero attached hydrogens (tertiary/aromatic N) is 2. The van der Waals surface area contributed by atoms with E-state index in [-0.39, 0.29) is 24.4 Å². The van der Waals surface area contributed by atoms with E-state index in [0.29, 0.717) is 25.8 Å². The van der Waals surface area contributed by atoms with Crippen LogP contribution in [0.5, 0.6) is 0 Å². The van der Waals surface area contributed by atoms with Gasteiger partial charge >= 0.3 is 17.9 Å². The molecule has 0 unspecified atom stereocenters. The van der Waals surface area contributed by atoms with Gasteiger partial charge in [0.15, 0.2) is 0 Å². The molecule has 3 N–H and O–H groups in total. The highest BCUT2D eigenvalue weighted by Gasteiger charge is 2.36. The van der Waals surface area contributed by atoms with Crippen molar-refractivity contribution in [3.63, 3.8) is 0 Å². The lowest BCUT2D eigenvalue weighted by molar-refractivity contribution is -0.146. The van der Waals surface area contributed by atoms with Crippen LogP contribution in [0.3, 0.4) is 0 Å². The topological polar surface area (TPSA) is 135 Å². The fourth-order valence-corrected chi connectivity index (χ4v) is 4.49. The molecule has 0 heterocycles. The molecule has 0 spiro atoms. The maximum atomic E-state index is 12.3. The predicted molar refractivity (Wildman–Crippen MR) is 126 cm³/mol. The smallest absolute Gasteiger partial charge is 0.317 e. The first-order chi connectivity index (χ1) is 15.9. The number of hydrogen-bond acceptors (Lipinski definition) is 6. The second kappa shape index (κ2) is 12.1. The summed E-state index contributed by atoms with van der Waals surface area (Å²) in [6.45, 7) is 4.91. The second-order valence-corrected chi connectivity index (χ2v) is 10.1. The van der Waals surface area contributed by atoms with E-state index in [9.17, 15) is 34.5 Å². The van der Waals surface area contributed by atoms with Gasteiger partial charge in [0.25, 0.3) is 0 Å². The Hall–Kier alpha value is -2.78. The molecule has 2 atom stereocenters. The number of hydrogen-bond donors (Lipinski definition) is 3. The number of carbonyl (C=O) groups excluding carboxylic acids is 1. The molecule has 0 aliphatic heterocycles. The van der Waals surface area contributed by atoms with E-state index in [0.717, 1.165) is 24.0 Å². The Bertz CT molecular complexity index is 860. The van der Waals surface area contributed by atoms with E-state index in [2.05, 4.69) is 0 Å². The van der Waals surface area contributed by atoms with E-state index in [4.69, 9.17) is 0 Å². The summed E-state index contributed by atoms with van der Waals surface area (Å²) >= 11 is 0. The Morgan fingerprint density at radius 2 is 1.18 bits per heavy atom. The summed E-state index contributed by atoms with van der Waals surface area (Å²) < 4.78 is 0. The van der Waals surface area contributed by atoms with Gasteiger partial charge in [0.1, 0.15) is 5.78 Å². The molecular weight excluding hydrogens is 440 g/mol. The third-order valence-corrected chi connectivity index (χ3v) is 6.26. The van der Waals surface area contributed by atoms with Gasteiger partial charge in [-0.25, -0.2) is 0 Å². The van der Waals surface area contributed by atoms with Gasteiger partial charge in [-0.15, -0.1) is 0 Å². The molecule has 0 bridgehead atoms. The third kappa shape index (κ3) is 8.53. The molecule has 9 heteroatoms. The number of rotatable bonds is 12. The number of ketones is 1. The minimum Gasteiger partial charge on any atom is -0.480 e. The maximum Gasteiger partial charge on any atom is 0.317 e. The molecule has 188 valence electrons. The highest BCUT2D eigenvalue weighted by molar-refractivity contribution is 5.85. The Morgan fingerprint density at radius 1 is 0.765 bits per heavy atom. The molecule has 34 heavy (non-hydrogen) atoms. The van der Waals surface area contributed by atoms with Crippen molar-refractivity contribution >= 4 is 23.7 Å². The zero-order valence-electron chi connectivity index (χ0n) is 20.2. The summed E-state index contributed by atoms with van der Waals surface area (Å²) in [5.74, 6) is -3.10. The maximum absolute atomic E-state index is 12.3. The number of aliphatic carboxylic acids is 3. The number of carbonyl (C=O) groups is 4. The molecule has 0 amide bonds. The van der Waals surface area contributed by atoms with E-state index in [1.54, 1.807) is 4.90 Å². The average Bonchev–Trinajstić information content (AvgIpc) is 2.72. The van der Waals surface area contributed by atoms with Gasteiger partial charge in [-0.2, -0.15) is 0 Å². The van der Waals surface area contributed by atoms with Gasteiger partial charge in [0.2, 0.25) is 0 Å². The molecule has 1 aliphatic carbocycles. The molecule has 9 nitrogen and oxygen atoms in total. The average molecular weight is 477 g/mol. The van der Waals surface area contributed by atoms with E-state index in [1.807, 2.05) is 45.0 Å². The van der Waals surface area contributed by atoms with Gasteiger partial charge in [-0.1, -0.05) is 57.9 Å². The summed E-state index contributed by atoms with van der Waals surface area (Å²) in [6.07, 6.45) is 3.28.